The molecule has 4 nitrogen and oxygen atoms in total. The molecule has 1 aliphatic heterocycles. The maximum Gasteiger partial charge on any atom is 0.335 e. The Morgan fingerprint density at radius 3 is 2.35 bits per heavy atom. The Balaban J connectivity index is 2.44. The zero-order valence-corrected chi connectivity index (χ0v) is 13.2. The molecule has 1 aromatic rings. The van der Waals surface area contributed by atoms with Crippen molar-refractivity contribution in [1.29, 1.82) is 0 Å². The Morgan fingerprint density at radius 1 is 1.15 bits per heavy atom. The summed E-state index contributed by atoms with van der Waals surface area (Å²) in [6.07, 6.45) is 0. The SMILES string of the molecule is CC1=C2C(=C(C(C)Br)OS1(=O)=O)C(=O)c1ccccc12. The number of rotatable bonds is 1. The van der Waals surface area contributed by atoms with Gasteiger partial charge in [-0.3, -0.25) is 4.79 Å². The number of ketones is 1. The largest absolute Gasteiger partial charge is 0.382 e. The minimum Gasteiger partial charge on any atom is -0.382 e. The van der Waals surface area contributed by atoms with E-state index in [2.05, 4.69) is 15.9 Å². The minimum absolute atomic E-state index is 0.0858. The van der Waals surface area contributed by atoms with Crippen LogP contribution in [0.4, 0.5) is 0 Å². The Labute approximate surface area is 125 Å². The van der Waals surface area contributed by atoms with Crippen molar-refractivity contribution in [3.8, 4) is 0 Å². The number of alkyl halides is 1. The monoisotopic (exact) mass is 354 g/mol. The normalized spacial score (nSPS) is 21.4. The fourth-order valence-corrected chi connectivity index (χ4v) is 3.99. The molecule has 0 saturated carbocycles. The number of Topliss-reactive ketones (excluding diaryl/α,β-unsaturated/α-hetero) is 1. The van der Waals surface area contributed by atoms with Crippen LogP contribution < -0.4 is 0 Å². The van der Waals surface area contributed by atoms with Gasteiger partial charge in [0, 0.05) is 11.1 Å². The van der Waals surface area contributed by atoms with Gasteiger partial charge in [-0.2, -0.15) is 8.42 Å². The molecule has 1 heterocycles. The summed E-state index contributed by atoms with van der Waals surface area (Å²) in [5.41, 5.74) is 1.99. The standard InChI is InChI=1S/C14H11BrO4S/c1-7(15)14-12-11(8(2)20(17,18)19-14)9-5-3-4-6-10(9)13(12)16/h3-7H,1-2H3. The van der Waals surface area contributed by atoms with Crippen LogP contribution in [0.3, 0.4) is 0 Å². The first-order valence-corrected chi connectivity index (χ1v) is 8.35. The number of halogens is 1. The van der Waals surface area contributed by atoms with E-state index in [-0.39, 0.29) is 21.3 Å². The van der Waals surface area contributed by atoms with Crippen molar-refractivity contribution >= 4 is 37.4 Å². The Bertz CT molecular complexity index is 800. The lowest BCUT2D eigenvalue weighted by Gasteiger charge is -2.22. The van der Waals surface area contributed by atoms with Crippen LogP contribution in [0.15, 0.2) is 40.5 Å². The van der Waals surface area contributed by atoms with E-state index in [1.165, 1.54) is 6.92 Å². The molecular weight excluding hydrogens is 344 g/mol. The molecular formula is C14H11BrO4S. The van der Waals surface area contributed by atoms with Crippen molar-refractivity contribution in [3.05, 3.63) is 51.6 Å². The quantitative estimate of drug-likeness (QED) is 0.574. The number of fused-ring (bicyclic) bond motifs is 3. The average Bonchev–Trinajstić information content (AvgIpc) is 2.68. The van der Waals surface area contributed by atoms with Crippen molar-refractivity contribution in [1.82, 2.24) is 0 Å². The molecule has 0 N–H and O–H groups in total. The van der Waals surface area contributed by atoms with Gasteiger partial charge in [-0.1, -0.05) is 40.2 Å². The highest BCUT2D eigenvalue weighted by molar-refractivity contribution is 9.09. The lowest BCUT2D eigenvalue weighted by molar-refractivity contribution is 0.103. The number of hydrogen-bond acceptors (Lipinski definition) is 4. The van der Waals surface area contributed by atoms with E-state index in [9.17, 15) is 13.2 Å². The highest BCUT2D eigenvalue weighted by Crippen LogP contribution is 2.46. The molecule has 0 fully saturated rings. The third-order valence-corrected chi connectivity index (χ3v) is 5.22. The first-order chi connectivity index (χ1) is 9.34. The molecule has 1 aliphatic carbocycles. The Morgan fingerprint density at radius 2 is 1.75 bits per heavy atom. The van der Waals surface area contributed by atoms with Crippen LogP contribution in [-0.4, -0.2) is 19.0 Å². The lowest BCUT2D eigenvalue weighted by atomic mass is 10.0. The van der Waals surface area contributed by atoms with Crippen molar-refractivity contribution in [2.45, 2.75) is 18.7 Å². The Kier molecular flexibility index (Phi) is 2.92. The van der Waals surface area contributed by atoms with Crippen molar-refractivity contribution in [2.75, 3.05) is 0 Å². The van der Waals surface area contributed by atoms with Crippen LogP contribution in [0.2, 0.25) is 0 Å². The second-order valence-corrected chi connectivity index (χ2v) is 7.76. The lowest BCUT2D eigenvalue weighted by Crippen LogP contribution is -2.20. The summed E-state index contributed by atoms with van der Waals surface area (Å²) in [4.78, 5) is 12.2. The smallest absolute Gasteiger partial charge is 0.335 e. The summed E-state index contributed by atoms with van der Waals surface area (Å²) in [6.45, 7) is 3.20. The summed E-state index contributed by atoms with van der Waals surface area (Å²) in [7, 11) is -3.84. The number of allylic oxidation sites excluding steroid dienone is 4. The van der Waals surface area contributed by atoms with Crippen LogP contribution in [-0.2, 0) is 14.3 Å². The molecule has 0 bridgehead atoms. The number of hydrogen-bond donors (Lipinski definition) is 0. The minimum atomic E-state index is -3.84. The van der Waals surface area contributed by atoms with Crippen molar-refractivity contribution in [3.63, 3.8) is 0 Å². The van der Waals surface area contributed by atoms with E-state index in [0.29, 0.717) is 22.3 Å². The van der Waals surface area contributed by atoms with Crippen molar-refractivity contribution < 1.29 is 17.4 Å². The van der Waals surface area contributed by atoms with E-state index in [4.69, 9.17) is 4.18 Å². The zero-order chi connectivity index (χ0) is 14.7. The highest BCUT2D eigenvalue weighted by Gasteiger charge is 2.42. The van der Waals surface area contributed by atoms with Crippen LogP contribution in [0.1, 0.15) is 29.8 Å². The van der Waals surface area contributed by atoms with Gasteiger partial charge in [0.2, 0.25) is 0 Å². The molecule has 0 saturated heterocycles. The highest BCUT2D eigenvalue weighted by atomic mass is 79.9. The number of carbonyl (C=O) groups excluding carboxylic acids is 1. The molecule has 1 unspecified atom stereocenters. The van der Waals surface area contributed by atoms with Crippen LogP contribution in [0, 0.1) is 0 Å². The second kappa shape index (κ2) is 4.30. The van der Waals surface area contributed by atoms with E-state index >= 15 is 0 Å². The van der Waals surface area contributed by atoms with Crippen LogP contribution >= 0.6 is 15.9 Å². The molecule has 0 spiro atoms. The van der Waals surface area contributed by atoms with Gasteiger partial charge in [0.15, 0.2) is 5.78 Å². The molecule has 20 heavy (non-hydrogen) atoms. The van der Waals surface area contributed by atoms with Crippen LogP contribution in [0.25, 0.3) is 5.57 Å². The molecule has 0 radical (unpaired) electrons. The fourth-order valence-electron chi connectivity index (χ4n) is 2.50. The second-order valence-electron chi connectivity index (χ2n) is 4.70. The van der Waals surface area contributed by atoms with Crippen molar-refractivity contribution in [2.24, 2.45) is 0 Å². The number of carbonyl (C=O) groups is 1. The molecule has 104 valence electrons. The topological polar surface area (TPSA) is 60.4 Å². The molecule has 1 atom stereocenters. The van der Waals surface area contributed by atoms with Gasteiger partial charge in [0.1, 0.15) is 5.76 Å². The average molecular weight is 355 g/mol. The van der Waals surface area contributed by atoms with Gasteiger partial charge in [0.25, 0.3) is 0 Å². The van der Waals surface area contributed by atoms with E-state index < -0.39 is 10.1 Å². The van der Waals surface area contributed by atoms with Crippen LogP contribution in [0.5, 0.6) is 0 Å². The predicted octanol–water partition coefficient (Wildman–Crippen LogP) is 3.01. The molecule has 6 heteroatoms. The zero-order valence-electron chi connectivity index (χ0n) is 10.8. The molecule has 0 amide bonds. The molecule has 1 aromatic carbocycles. The van der Waals surface area contributed by atoms with E-state index in [1.54, 1.807) is 31.2 Å². The maximum absolute atomic E-state index is 12.5. The first kappa shape index (κ1) is 13.6. The molecule has 3 rings (SSSR count). The van der Waals surface area contributed by atoms with Gasteiger partial charge >= 0.3 is 10.1 Å². The van der Waals surface area contributed by atoms with E-state index in [0.717, 1.165) is 0 Å². The Hall–Kier alpha value is -1.40. The summed E-state index contributed by atoms with van der Waals surface area (Å²) in [5.74, 6) is -0.0297. The maximum atomic E-state index is 12.5. The third kappa shape index (κ3) is 1.71. The van der Waals surface area contributed by atoms with Gasteiger partial charge in [-0.25, -0.2) is 0 Å². The summed E-state index contributed by atoms with van der Waals surface area (Å²) < 4.78 is 29.3. The summed E-state index contributed by atoms with van der Waals surface area (Å²) >= 11 is 3.29. The third-order valence-electron chi connectivity index (χ3n) is 3.45. The fraction of sp³-hybridized carbons (Fsp3) is 0.214. The summed E-state index contributed by atoms with van der Waals surface area (Å²) in [5, 5.41) is 0. The van der Waals surface area contributed by atoms with Gasteiger partial charge in [-0.05, 0) is 19.4 Å². The van der Waals surface area contributed by atoms with Gasteiger partial charge in [-0.15, -0.1) is 0 Å². The van der Waals surface area contributed by atoms with Gasteiger partial charge < -0.3 is 4.18 Å². The summed E-state index contributed by atoms with van der Waals surface area (Å²) in [6, 6.07) is 7.01. The molecule has 2 aliphatic rings. The number of benzene rings is 1. The molecule has 0 aromatic heterocycles. The van der Waals surface area contributed by atoms with E-state index in [1.807, 2.05) is 0 Å². The predicted molar refractivity (Wildman–Crippen MR) is 78.8 cm³/mol. The first-order valence-electron chi connectivity index (χ1n) is 6.02. The van der Waals surface area contributed by atoms with Gasteiger partial charge in [0.05, 0.1) is 15.3 Å².